The zero-order valence-corrected chi connectivity index (χ0v) is 17.3. The van der Waals surface area contributed by atoms with E-state index in [4.69, 9.17) is 4.74 Å². The molecule has 0 saturated carbocycles. The number of nitrogens with one attached hydrogen (secondary N) is 2. The zero-order valence-electron chi connectivity index (χ0n) is 16.5. The molecule has 1 aliphatic rings. The molecule has 1 amide bonds. The summed E-state index contributed by atoms with van der Waals surface area (Å²) in [7, 11) is -3.81. The maximum atomic E-state index is 12.8. The van der Waals surface area contributed by atoms with E-state index in [9.17, 15) is 13.2 Å². The van der Waals surface area contributed by atoms with E-state index in [-0.39, 0.29) is 22.4 Å². The molecular formula is C23H22N2O4S. The molecule has 1 heterocycles. The van der Waals surface area contributed by atoms with Gasteiger partial charge < -0.3 is 10.1 Å². The fourth-order valence-electron chi connectivity index (χ4n) is 3.37. The number of aryl methyl sites for hydroxylation is 1. The summed E-state index contributed by atoms with van der Waals surface area (Å²) in [5.74, 6) is 0.428. The maximum Gasteiger partial charge on any atom is 0.261 e. The van der Waals surface area contributed by atoms with Crippen LogP contribution < -0.4 is 14.8 Å². The topological polar surface area (TPSA) is 84.5 Å². The number of ether oxygens (including phenoxy) is 1. The van der Waals surface area contributed by atoms with Crippen molar-refractivity contribution in [3.63, 3.8) is 0 Å². The molecule has 6 nitrogen and oxygen atoms in total. The summed E-state index contributed by atoms with van der Waals surface area (Å²) < 4.78 is 33.7. The van der Waals surface area contributed by atoms with Gasteiger partial charge in [-0.05, 0) is 43.3 Å². The van der Waals surface area contributed by atoms with Crippen molar-refractivity contribution in [2.75, 3.05) is 11.3 Å². The summed E-state index contributed by atoms with van der Waals surface area (Å²) in [4.78, 5) is 12.9. The van der Waals surface area contributed by atoms with Crippen LogP contribution in [0.3, 0.4) is 0 Å². The molecule has 30 heavy (non-hydrogen) atoms. The largest absolute Gasteiger partial charge is 0.493 e. The van der Waals surface area contributed by atoms with Crippen LogP contribution in [0.15, 0.2) is 77.7 Å². The van der Waals surface area contributed by atoms with E-state index >= 15 is 0 Å². The predicted octanol–water partition coefficient (Wildman–Crippen LogP) is 4.05. The van der Waals surface area contributed by atoms with Crippen molar-refractivity contribution in [2.45, 2.75) is 24.3 Å². The van der Waals surface area contributed by atoms with Gasteiger partial charge in [-0.2, -0.15) is 0 Å². The summed E-state index contributed by atoms with van der Waals surface area (Å²) in [6.45, 7) is 2.44. The Morgan fingerprint density at radius 1 is 1.00 bits per heavy atom. The molecule has 3 aromatic rings. The molecule has 0 spiro atoms. The van der Waals surface area contributed by atoms with Crippen molar-refractivity contribution < 1.29 is 17.9 Å². The molecule has 0 fully saturated rings. The molecule has 4 rings (SSSR count). The summed E-state index contributed by atoms with van der Waals surface area (Å²) >= 11 is 0. The van der Waals surface area contributed by atoms with Gasteiger partial charge >= 0.3 is 0 Å². The van der Waals surface area contributed by atoms with Crippen LogP contribution in [0.2, 0.25) is 0 Å². The van der Waals surface area contributed by atoms with E-state index in [2.05, 4.69) is 10.0 Å². The summed E-state index contributed by atoms with van der Waals surface area (Å²) in [6.07, 6.45) is 0.649. The molecule has 154 valence electrons. The number of rotatable bonds is 5. The number of hydrogen-bond donors (Lipinski definition) is 2. The molecule has 1 aliphatic heterocycles. The minimum absolute atomic E-state index is 0.0307. The van der Waals surface area contributed by atoms with Gasteiger partial charge in [-0.15, -0.1) is 0 Å². The first-order chi connectivity index (χ1) is 14.4. The number of amides is 1. The van der Waals surface area contributed by atoms with Crippen molar-refractivity contribution in [2.24, 2.45) is 0 Å². The smallest absolute Gasteiger partial charge is 0.261 e. The van der Waals surface area contributed by atoms with E-state index < -0.39 is 10.0 Å². The second-order valence-corrected chi connectivity index (χ2v) is 8.88. The van der Waals surface area contributed by atoms with Gasteiger partial charge in [0.1, 0.15) is 5.75 Å². The van der Waals surface area contributed by atoms with Crippen LogP contribution in [-0.4, -0.2) is 20.9 Å². The number of sulfonamides is 1. The van der Waals surface area contributed by atoms with E-state index in [1.165, 1.54) is 12.1 Å². The Hall–Kier alpha value is -3.32. The number of carbonyl (C=O) groups excluding carboxylic acids is 1. The zero-order chi connectivity index (χ0) is 21.1. The molecular weight excluding hydrogens is 400 g/mol. The maximum absolute atomic E-state index is 12.8. The molecule has 7 heteroatoms. The fraction of sp³-hybridized carbons (Fsp3) is 0.174. The van der Waals surface area contributed by atoms with E-state index in [0.29, 0.717) is 18.7 Å². The van der Waals surface area contributed by atoms with Crippen molar-refractivity contribution in [3.8, 4) is 5.75 Å². The van der Waals surface area contributed by atoms with E-state index in [1.807, 2.05) is 43.3 Å². The van der Waals surface area contributed by atoms with Gasteiger partial charge in [-0.3, -0.25) is 9.52 Å². The number of carbonyl (C=O) groups is 1. The molecule has 1 atom stereocenters. The van der Waals surface area contributed by atoms with Crippen LogP contribution in [0.5, 0.6) is 5.75 Å². The second-order valence-electron chi connectivity index (χ2n) is 7.20. The van der Waals surface area contributed by atoms with Crippen molar-refractivity contribution in [3.05, 3.63) is 89.5 Å². The van der Waals surface area contributed by atoms with Gasteiger partial charge in [0.15, 0.2) is 0 Å². The predicted molar refractivity (Wildman–Crippen MR) is 115 cm³/mol. The number of fused-ring (bicyclic) bond motifs is 1. The lowest BCUT2D eigenvalue weighted by molar-refractivity contribution is 0.0924. The Labute approximate surface area is 176 Å². The first-order valence-corrected chi connectivity index (χ1v) is 11.1. The lowest BCUT2D eigenvalue weighted by atomic mass is 10.00. The second kappa shape index (κ2) is 8.20. The molecule has 2 N–H and O–H groups in total. The number of hydrogen-bond acceptors (Lipinski definition) is 4. The quantitative estimate of drug-likeness (QED) is 0.650. The molecule has 0 saturated heterocycles. The molecule has 0 radical (unpaired) electrons. The lowest BCUT2D eigenvalue weighted by Crippen LogP contribution is -2.32. The Balaban J connectivity index is 1.53. The lowest BCUT2D eigenvalue weighted by Gasteiger charge is -2.26. The van der Waals surface area contributed by atoms with Crippen LogP contribution in [0.4, 0.5) is 5.69 Å². The highest BCUT2D eigenvalue weighted by Crippen LogP contribution is 2.31. The third kappa shape index (κ3) is 4.31. The molecule has 1 unspecified atom stereocenters. The monoisotopic (exact) mass is 422 g/mol. The van der Waals surface area contributed by atoms with Crippen molar-refractivity contribution in [1.82, 2.24) is 5.32 Å². The van der Waals surface area contributed by atoms with Crippen LogP contribution in [0.1, 0.15) is 33.9 Å². The van der Waals surface area contributed by atoms with Crippen LogP contribution >= 0.6 is 0 Å². The Bertz CT molecular complexity index is 1170. The fourth-order valence-corrected chi connectivity index (χ4v) is 4.48. The van der Waals surface area contributed by atoms with Gasteiger partial charge in [-0.25, -0.2) is 8.42 Å². The molecule has 3 aromatic carbocycles. The molecule has 0 bridgehead atoms. The highest BCUT2D eigenvalue weighted by Gasteiger charge is 2.24. The van der Waals surface area contributed by atoms with E-state index in [0.717, 1.165) is 16.9 Å². The Morgan fingerprint density at radius 3 is 2.57 bits per heavy atom. The summed E-state index contributed by atoms with van der Waals surface area (Å²) in [5.41, 5.74) is 2.70. The Morgan fingerprint density at radius 2 is 1.77 bits per heavy atom. The minimum atomic E-state index is -3.81. The highest BCUT2D eigenvalue weighted by molar-refractivity contribution is 7.92. The summed E-state index contributed by atoms with van der Waals surface area (Å²) in [5, 5.41) is 2.99. The number of benzene rings is 3. The van der Waals surface area contributed by atoms with Gasteiger partial charge in [0, 0.05) is 23.2 Å². The average molecular weight is 423 g/mol. The third-order valence-electron chi connectivity index (χ3n) is 4.97. The van der Waals surface area contributed by atoms with Crippen LogP contribution in [-0.2, 0) is 10.0 Å². The summed E-state index contributed by atoms with van der Waals surface area (Å²) in [6, 6.07) is 20.5. The molecule has 0 aromatic heterocycles. The first kappa shape index (κ1) is 20.0. The number of anilines is 1. The molecule has 0 aliphatic carbocycles. The van der Waals surface area contributed by atoms with Gasteiger partial charge in [0.05, 0.1) is 17.5 Å². The Kier molecular flexibility index (Phi) is 5.46. The first-order valence-electron chi connectivity index (χ1n) is 9.64. The number of para-hydroxylation sites is 1. The third-order valence-corrected chi connectivity index (χ3v) is 6.35. The van der Waals surface area contributed by atoms with Crippen molar-refractivity contribution >= 4 is 21.6 Å². The van der Waals surface area contributed by atoms with Crippen molar-refractivity contribution in [1.29, 1.82) is 0 Å². The van der Waals surface area contributed by atoms with Gasteiger partial charge in [0.25, 0.3) is 15.9 Å². The van der Waals surface area contributed by atoms with Crippen LogP contribution in [0.25, 0.3) is 0 Å². The highest BCUT2D eigenvalue weighted by atomic mass is 32.2. The van der Waals surface area contributed by atoms with E-state index in [1.54, 1.807) is 24.3 Å². The SMILES string of the molecule is Cc1ccc(NS(=O)(=O)c2cccc(C(=O)NC3CCOc4ccccc43)c2)cc1. The van der Waals surface area contributed by atoms with Crippen LogP contribution in [0, 0.1) is 6.92 Å². The normalized spacial score (nSPS) is 15.6. The average Bonchev–Trinajstić information content (AvgIpc) is 2.75. The standard InChI is InChI=1S/C23H22N2O4S/c1-16-9-11-18(12-10-16)25-30(27,28)19-6-4-5-17(15-19)23(26)24-21-13-14-29-22-8-3-2-7-20(21)22/h2-12,15,21,25H,13-14H2,1H3,(H,24,26). The minimum Gasteiger partial charge on any atom is -0.493 e. The van der Waals surface area contributed by atoms with Gasteiger partial charge in [0.2, 0.25) is 0 Å². The van der Waals surface area contributed by atoms with Gasteiger partial charge in [-0.1, -0.05) is 42.0 Å².